The van der Waals surface area contributed by atoms with E-state index in [4.69, 9.17) is 4.74 Å². The number of hydrogen-bond donors (Lipinski definition) is 0. The van der Waals surface area contributed by atoms with Gasteiger partial charge in [-0.3, -0.25) is 14.4 Å². The van der Waals surface area contributed by atoms with Gasteiger partial charge in [-0.25, -0.2) is 0 Å². The standard InChI is InChI=1S/C22H24N6O2/c1-25-21(27-9-3-4-10-27)19(16-24-25)22(29)28-13-11-26(12-14-28)20(15-23)17-5-7-18(30-2)8-6-17/h3-10,16,20H,11-14H2,1-2H3. The number of nitrogens with zero attached hydrogens (tertiary/aromatic N) is 6. The van der Waals surface area contributed by atoms with Crippen LogP contribution in [0.5, 0.6) is 5.75 Å². The minimum atomic E-state index is -0.345. The number of carbonyl (C=O) groups excluding carboxylic acids is 1. The van der Waals surface area contributed by atoms with E-state index in [1.54, 1.807) is 18.0 Å². The molecule has 1 aromatic carbocycles. The molecule has 3 aromatic rings. The molecule has 1 aliphatic heterocycles. The van der Waals surface area contributed by atoms with Crippen LogP contribution in [-0.4, -0.2) is 63.3 Å². The predicted molar refractivity (Wildman–Crippen MR) is 111 cm³/mol. The van der Waals surface area contributed by atoms with Crippen molar-refractivity contribution >= 4 is 5.91 Å². The van der Waals surface area contributed by atoms with Crippen molar-refractivity contribution in [3.63, 3.8) is 0 Å². The second-order valence-electron chi connectivity index (χ2n) is 7.23. The van der Waals surface area contributed by atoms with Gasteiger partial charge in [0.2, 0.25) is 0 Å². The quantitative estimate of drug-likeness (QED) is 0.652. The normalized spacial score (nSPS) is 15.6. The average molecular weight is 404 g/mol. The minimum absolute atomic E-state index is 0.0376. The number of benzene rings is 1. The third kappa shape index (κ3) is 3.67. The highest BCUT2D eigenvalue weighted by molar-refractivity contribution is 5.97. The molecule has 1 amide bonds. The number of aromatic nitrogens is 3. The summed E-state index contributed by atoms with van der Waals surface area (Å²) in [5.74, 6) is 1.48. The third-order valence-electron chi connectivity index (χ3n) is 5.51. The van der Waals surface area contributed by atoms with E-state index in [2.05, 4.69) is 16.1 Å². The zero-order chi connectivity index (χ0) is 21.1. The van der Waals surface area contributed by atoms with Crippen molar-refractivity contribution in [3.05, 3.63) is 66.1 Å². The maximum absolute atomic E-state index is 13.2. The third-order valence-corrected chi connectivity index (χ3v) is 5.51. The van der Waals surface area contributed by atoms with E-state index in [0.29, 0.717) is 31.7 Å². The summed E-state index contributed by atoms with van der Waals surface area (Å²) in [6.07, 6.45) is 5.43. The van der Waals surface area contributed by atoms with Gasteiger partial charge in [-0.05, 0) is 29.8 Å². The predicted octanol–water partition coefficient (Wildman–Crippen LogP) is 2.24. The number of piperazine rings is 1. The lowest BCUT2D eigenvalue weighted by atomic mass is 10.1. The molecule has 1 fully saturated rings. The van der Waals surface area contributed by atoms with Crippen LogP contribution in [0.25, 0.3) is 5.82 Å². The van der Waals surface area contributed by atoms with Crippen molar-refractivity contribution < 1.29 is 9.53 Å². The molecule has 0 N–H and O–H groups in total. The Morgan fingerprint density at radius 2 is 1.80 bits per heavy atom. The molecular formula is C22H24N6O2. The molecule has 1 unspecified atom stereocenters. The molecule has 0 radical (unpaired) electrons. The molecule has 0 saturated carbocycles. The molecule has 8 heteroatoms. The Morgan fingerprint density at radius 3 is 2.40 bits per heavy atom. The fraction of sp³-hybridized carbons (Fsp3) is 0.318. The van der Waals surface area contributed by atoms with Crippen LogP contribution in [-0.2, 0) is 7.05 Å². The van der Waals surface area contributed by atoms with E-state index in [0.717, 1.165) is 17.1 Å². The van der Waals surface area contributed by atoms with Crippen LogP contribution in [0.15, 0.2) is 55.0 Å². The summed E-state index contributed by atoms with van der Waals surface area (Å²) in [7, 11) is 3.45. The first-order valence-electron chi connectivity index (χ1n) is 9.84. The molecule has 154 valence electrons. The maximum atomic E-state index is 13.2. The number of rotatable bonds is 5. The molecule has 2 aromatic heterocycles. The van der Waals surface area contributed by atoms with E-state index in [-0.39, 0.29) is 11.9 Å². The monoisotopic (exact) mass is 404 g/mol. The van der Waals surface area contributed by atoms with E-state index in [9.17, 15) is 10.1 Å². The zero-order valence-corrected chi connectivity index (χ0v) is 17.1. The Kier molecular flexibility index (Phi) is 5.55. The zero-order valence-electron chi connectivity index (χ0n) is 17.1. The number of nitriles is 1. The highest BCUT2D eigenvalue weighted by Crippen LogP contribution is 2.25. The van der Waals surface area contributed by atoms with Crippen LogP contribution in [0.1, 0.15) is 22.0 Å². The Hall–Kier alpha value is -3.57. The van der Waals surface area contributed by atoms with Gasteiger partial charge in [0.1, 0.15) is 23.2 Å². The van der Waals surface area contributed by atoms with Crippen LogP contribution < -0.4 is 4.74 Å². The molecule has 30 heavy (non-hydrogen) atoms. The minimum Gasteiger partial charge on any atom is -0.497 e. The fourth-order valence-electron chi connectivity index (χ4n) is 3.87. The molecule has 0 spiro atoms. The summed E-state index contributed by atoms with van der Waals surface area (Å²) >= 11 is 0. The number of aryl methyl sites for hydroxylation is 1. The second-order valence-corrected chi connectivity index (χ2v) is 7.23. The molecular weight excluding hydrogens is 380 g/mol. The molecule has 0 bridgehead atoms. The molecule has 4 rings (SSSR count). The van der Waals surface area contributed by atoms with E-state index in [1.165, 1.54) is 0 Å². The summed E-state index contributed by atoms with van der Waals surface area (Å²) in [5.41, 5.74) is 1.51. The van der Waals surface area contributed by atoms with Crippen LogP contribution in [0.2, 0.25) is 0 Å². The lowest BCUT2D eigenvalue weighted by Gasteiger charge is -2.37. The summed E-state index contributed by atoms with van der Waals surface area (Å²) in [6, 6.07) is 13.5. The number of methoxy groups -OCH3 is 1. The summed E-state index contributed by atoms with van der Waals surface area (Å²) in [4.78, 5) is 17.1. The lowest BCUT2D eigenvalue weighted by molar-refractivity contribution is 0.0606. The van der Waals surface area contributed by atoms with Crippen LogP contribution in [0, 0.1) is 11.3 Å². The molecule has 1 atom stereocenters. The van der Waals surface area contributed by atoms with Gasteiger partial charge in [0.15, 0.2) is 0 Å². The highest BCUT2D eigenvalue weighted by atomic mass is 16.5. The van der Waals surface area contributed by atoms with Crippen molar-refractivity contribution in [2.24, 2.45) is 7.05 Å². The van der Waals surface area contributed by atoms with Gasteiger partial charge in [0, 0.05) is 45.6 Å². The fourth-order valence-corrected chi connectivity index (χ4v) is 3.87. The molecule has 1 aliphatic rings. The van der Waals surface area contributed by atoms with Gasteiger partial charge >= 0.3 is 0 Å². The maximum Gasteiger partial charge on any atom is 0.259 e. The first-order chi connectivity index (χ1) is 14.6. The van der Waals surface area contributed by atoms with Gasteiger partial charge in [0.25, 0.3) is 5.91 Å². The number of amides is 1. The number of carbonyl (C=O) groups is 1. The molecule has 1 saturated heterocycles. The average Bonchev–Trinajstić information content (AvgIpc) is 3.44. The largest absolute Gasteiger partial charge is 0.497 e. The van der Waals surface area contributed by atoms with E-state index < -0.39 is 0 Å². The Bertz CT molecular complexity index is 1040. The van der Waals surface area contributed by atoms with E-state index in [1.807, 2.05) is 65.3 Å². The lowest BCUT2D eigenvalue weighted by Crippen LogP contribution is -2.49. The van der Waals surface area contributed by atoms with Gasteiger partial charge < -0.3 is 14.2 Å². The van der Waals surface area contributed by atoms with Gasteiger partial charge in [-0.1, -0.05) is 12.1 Å². The summed E-state index contributed by atoms with van der Waals surface area (Å²) < 4.78 is 8.80. The summed E-state index contributed by atoms with van der Waals surface area (Å²) in [5, 5.41) is 14.0. The molecule has 0 aliphatic carbocycles. The van der Waals surface area contributed by atoms with E-state index >= 15 is 0 Å². The number of hydrogen-bond acceptors (Lipinski definition) is 5. The highest BCUT2D eigenvalue weighted by Gasteiger charge is 2.29. The Labute approximate surface area is 175 Å². The first-order valence-corrected chi connectivity index (χ1v) is 9.84. The first kappa shape index (κ1) is 19.7. The van der Waals surface area contributed by atoms with Gasteiger partial charge in [0.05, 0.1) is 19.4 Å². The van der Waals surface area contributed by atoms with Crippen molar-refractivity contribution in [2.45, 2.75) is 6.04 Å². The molecule has 3 heterocycles. The van der Waals surface area contributed by atoms with Crippen molar-refractivity contribution in [1.29, 1.82) is 5.26 Å². The van der Waals surface area contributed by atoms with Crippen LogP contribution in [0.3, 0.4) is 0 Å². The van der Waals surface area contributed by atoms with Crippen molar-refractivity contribution in [1.82, 2.24) is 24.1 Å². The smallest absolute Gasteiger partial charge is 0.259 e. The number of ether oxygens (including phenoxy) is 1. The van der Waals surface area contributed by atoms with Gasteiger partial charge in [-0.2, -0.15) is 10.4 Å². The SMILES string of the molecule is COc1ccc(C(C#N)N2CCN(C(=O)c3cnn(C)c3-n3cccc3)CC2)cc1. The Balaban J connectivity index is 1.46. The van der Waals surface area contributed by atoms with Crippen LogP contribution >= 0.6 is 0 Å². The summed E-state index contributed by atoms with van der Waals surface area (Å²) in [6.45, 7) is 2.39. The van der Waals surface area contributed by atoms with Gasteiger partial charge in [-0.15, -0.1) is 0 Å². The topological polar surface area (TPSA) is 79.3 Å². The second kappa shape index (κ2) is 8.43. The van der Waals surface area contributed by atoms with Crippen molar-refractivity contribution in [3.8, 4) is 17.6 Å². The van der Waals surface area contributed by atoms with Crippen molar-refractivity contribution in [2.75, 3.05) is 33.3 Å². The Morgan fingerprint density at radius 1 is 1.13 bits per heavy atom. The van der Waals surface area contributed by atoms with Crippen LogP contribution in [0.4, 0.5) is 0 Å². The molecule has 8 nitrogen and oxygen atoms in total.